The lowest BCUT2D eigenvalue weighted by atomic mass is 10.1. The van der Waals surface area contributed by atoms with Crippen LogP contribution in [0.5, 0.6) is 0 Å². The summed E-state index contributed by atoms with van der Waals surface area (Å²) in [6.07, 6.45) is 0.683. The molecule has 0 aliphatic rings. The van der Waals surface area contributed by atoms with E-state index in [2.05, 4.69) is 15.4 Å². The minimum atomic E-state index is -1.05. The molecule has 0 aliphatic carbocycles. The van der Waals surface area contributed by atoms with Gasteiger partial charge in [-0.1, -0.05) is 12.1 Å². The molecule has 2 heterocycles. The Morgan fingerprint density at radius 2 is 2.00 bits per heavy atom. The van der Waals surface area contributed by atoms with Gasteiger partial charge in [-0.15, -0.1) is 0 Å². The second-order valence-corrected chi connectivity index (χ2v) is 6.14. The predicted molar refractivity (Wildman–Crippen MR) is 93.5 cm³/mol. The molecule has 0 spiro atoms. The molecule has 0 aliphatic heterocycles. The van der Waals surface area contributed by atoms with Gasteiger partial charge in [-0.2, -0.15) is 5.10 Å². The van der Waals surface area contributed by atoms with Gasteiger partial charge in [0.2, 0.25) is 5.91 Å². The van der Waals surface area contributed by atoms with Gasteiger partial charge < -0.3 is 10.4 Å². The molecule has 2 N–H and O–H groups in total. The van der Waals surface area contributed by atoms with Crippen LogP contribution in [0, 0.1) is 13.8 Å². The summed E-state index contributed by atoms with van der Waals surface area (Å²) in [7, 11) is 0. The van der Waals surface area contributed by atoms with E-state index < -0.39 is 12.0 Å². The number of hydrogen-bond donors (Lipinski definition) is 2. The minimum Gasteiger partial charge on any atom is -0.480 e. The molecule has 0 saturated carbocycles. The summed E-state index contributed by atoms with van der Waals surface area (Å²) in [6, 6.07) is 6.93. The van der Waals surface area contributed by atoms with Crippen molar-refractivity contribution in [3.8, 4) is 0 Å². The highest BCUT2D eigenvalue weighted by Crippen LogP contribution is 2.22. The number of benzene rings is 1. The Morgan fingerprint density at radius 1 is 1.28 bits per heavy atom. The van der Waals surface area contributed by atoms with Gasteiger partial charge >= 0.3 is 5.97 Å². The van der Waals surface area contributed by atoms with Crippen molar-refractivity contribution in [3.63, 3.8) is 0 Å². The first-order valence-corrected chi connectivity index (χ1v) is 8.14. The summed E-state index contributed by atoms with van der Waals surface area (Å²) in [5.41, 5.74) is 4.44. The smallest absolute Gasteiger partial charge is 0.325 e. The van der Waals surface area contributed by atoms with Crippen LogP contribution < -0.4 is 5.32 Å². The van der Waals surface area contributed by atoms with Gasteiger partial charge in [-0.05, 0) is 44.9 Å². The Labute approximate surface area is 144 Å². The van der Waals surface area contributed by atoms with Crippen LogP contribution in [0.3, 0.4) is 0 Å². The average molecular weight is 340 g/mol. The number of carbonyl (C=O) groups excluding carboxylic acids is 1. The molecule has 25 heavy (non-hydrogen) atoms. The SMILES string of the molecule is Cc1nc2c3ccccc3nn2c(C)c1CCC(=O)N[C@H](C)C(=O)O. The number of hydrogen-bond acceptors (Lipinski definition) is 4. The molecule has 1 aromatic carbocycles. The van der Waals surface area contributed by atoms with Crippen LogP contribution in [0.4, 0.5) is 0 Å². The number of aryl methyl sites for hydroxylation is 2. The van der Waals surface area contributed by atoms with Crippen LogP contribution in [0.2, 0.25) is 0 Å². The number of carboxylic acids is 1. The lowest BCUT2D eigenvalue weighted by molar-refractivity contribution is -0.141. The van der Waals surface area contributed by atoms with Crippen molar-refractivity contribution < 1.29 is 14.7 Å². The topological polar surface area (TPSA) is 96.6 Å². The molecule has 130 valence electrons. The number of fused-ring (bicyclic) bond motifs is 3. The predicted octanol–water partition coefficient (Wildman–Crippen LogP) is 2.02. The largest absolute Gasteiger partial charge is 0.480 e. The number of carboxylic acid groups (broad SMARTS) is 1. The maximum absolute atomic E-state index is 11.9. The summed E-state index contributed by atoms with van der Waals surface area (Å²) in [5, 5.41) is 16.9. The van der Waals surface area contributed by atoms with Gasteiger partial charge in [0.1, 0.15) is 6.04 Å². The summed E-state index contributed by atoms with van der Waals surface area (Å²) in [5.74, 6) is -1.34. The first-order chi connectivity index (χ1) is 11.9. The summed E-state index contributed by atoms with van der Waals surface area (Å²) in [6.45, 7) is 5.32. The van der Waals surface area contributed by atoms with E-state index in [1.807, 2.05) is 42.6 Å². The minimum absolute atomic E-state index is 0.202. The second kappa shape index (κ2) is 6.51. The van der Waals surface area contributed by atoms with Gasteiger partial charge in [0, 0.05) is 23.2 Å². The zero-order chi connectivity index (χ0) is 18.1. The standard InChI is InChI=1S/C18H20N4O3/c1-10-13(8-9-16(23)19-11(2)18(24)25)12(3)22-17(20-10)14-6-4-5-7-15(14)21-22/h4-7,11H,8-9H2,1-3H3,(H,19,23)(H,24,25)/t11-/m1/s1. The van der Waals surface area contributed by atoms with Crippen LogP contribution in [0.1, 0.15) is 30.3 Å². The first-order valence-electron chi connectivity index (χ1n) is 8.14. The first kappa shape index (κ1) is 16.9. The molecular formula is C18H20N4O3. The summed E-state index contributed by atoms with van der Waals surface area (Å²) in [4.78, 5) is 27.4. The normalized spacial score (nSPS) is 12.4. The monoisotopic (exact) mass is 340 g/mol. The molecular weight excluding hydrogens is 320 g/mol. The maximum atomic E-state index is 11.9. The van der Waals surface area contributed by atoms with E-state index in [-0.39, 0.29) is 12.3 Å². The van der Waals surface area contributed by atoms with Crippen molar-refractivity contribution >= 4 is 28.4 Å². The molecule has 2 aromatic heterocycles. The highest BCUT2D eigenvalue weighted by atomic mass is 16.4. The number of carbonyl (C=O) groups is 2. The summed E-state index contributed by atoms with van der Waals surface area (Å²) >= 11 is 0. The molecule has 0 saturated heterocycles. The Hall–Kier alpha value is -2.96. The van der Waals surface area contributed by atoms with E-state index in [0.29, 0.717) is 6.42 Å². The highest BCUT2D eigenvalue weighted by Gasteiger charge is 2.17. The molecule has 3 rings (SSSR count). The lowest BCUT2D eigenvalue weighted by Gasteiger charge is -2.12. The third-order valence-corrected chi connectivity index (χ3v) is 4.37. The lowest BCUT2D eigenvalue weighted by Crippen LogP contribution is -2.38. The van der Waals surface area contributed by atoms with Crippen molar-refractivity contribution in [1.82, 2.24) is 19.9 Å². The van der Waals surface area contributed by atoms with Gasteiger partial charge in [0.15, 0.2) is 5.65 Å². The number of nitrogens with zero attached hydrogens (tertiary/aromatic N) is 3. The molecule has 3 aromatic rings. The average Bonchev–Trinajstić information content (AvgIpc) is 2.93. The molecule has 1 atom stereocenters. The number of amides is 1. The molecule has 0 bridgehead atoms. The fourth-order valence-electron chi connectivity index (χ4n) is 2.95. The quantitative estimate of drug-likeness (QED) is 0.741. The molecule has 0 fully saturated rings. The number of rotatable bonds is 5. The van der Waals surface area contributed by atoms with Crippen molar-refractivity contribution in [2.45, 2.75) is 39.7 Å². The van der Waals surface area contributed by atoms with Crippen LogP contribution in [0.15, 0.2) is 24.3 Å². The van der Waals surface area contributed by atoms with Gasteiger partial charge in [-0.25, -0.2) is 9.50 Å². The van der Waals surface area contributed by atoms with E-state index in [1.165, 1.54) is 6.92 Å². The summed E-state index contributed by atoms with van der Waals surface area (Å²) < 4.78 is 1.81. The van der Waals surface area contributed by atoms with E-state index in [9.17, 15) is 9.59 Å². The zero-order valence-electron chi connectivity index (χ0n) is 14.4. The van der Waals surface area contributed by atoms with E-state index in [4.69, 9.17) is 5.11 Å². The highest BCUT2D eigenvalue weighted by molar-refractivity contribution is 5.92. The molecule has 7 heteroatoms. The molecule has 0 unspecified atom stereocenters. The third kappa shape index (κ3) is 3.17. The molecule has 1 amide bonds. The fourth-order valence-corrected chi connectivity index (χ4v) is 2.95. The number of nitrogens with one attached hydrogen (secondary N) is 1. The Kier molecular flexibility index (Phi) is 4.39. The number of aromatic nitrogens is 3. The van der Waals surface area contributed by atoms with Crippen LogP contribution in [-0.4, -0.2) is 37.6 Å². The zero-order valence-corrected chi connectivity index (χ0v) is 14.4. The van der Waals surface area contributed by atoms with Crippen molar-refractivity contribution in [1.29, 1.82) is 0 Å². The van der Waals surface area contributed by atoms with E-state index in [1.54, 1.807) is 0 Å². The van der Waals surface area contributed by atoms with Gasteiger partial charge in [-0.3, -0.25) is 9.59 Å². The molecule has 7 nitrogen and oxygen atoms in total. The van der Waals surface area contributed by atoms with Crippen LogP contribution in [-0.2, 0) is 16.0 Å². The van der Waals surface area contributed by atoms with Crippen molar-refractivity contribution in [2.24, 2.45) is 0 Å². The van der Waals surface area contributed by atoms with Crippen LogP contribution >= 0.6 is 0 Å². The Morgan fingerprint density at radius 3 is 2.72 bits per heavy atom. The Bertz CT molecular complexity index is 977. The van der Waals surface area contributed by atoms with Gasteiger partial charge in [0.05, 0.1) is 5.52 Å². The molecule has 0 radical (unpaired) electrons. The van der Waals surface area contributed by atoms with Crippen LogP contribution in [0.25, 0.3) is 16.6 Å². The Balaban J connectivity index is 1.88. The van der Waals surface area contributed by atoms with E-state index >= 15 is 0 Å². The van der Waals surface area contributed by atoms with Crippen molar-refractivity contribution in [2.75, 3.05) is 0 Å². The number of aliphatic carboxylic acids is 1. The van der Waals surface area contributed by atoms with Crippen molar-refractivity contribution in [3.05, 3.63) is 41.2 Å². The fraction of sp³-hybridized carbons (Fsp3) is 0.333. The second-order valence-electron chi connectivity index (χ2n) is 6.14. The third-order valence-electron chi connectivity index (χ3n) is 4.37. The van der Waals surface area contributed by atoms with Gasteiger partial charge in [0.25, 0.3) is 0 Å². The van der Waals surface area contributed by atoms with E-state index in [0.717, 1.165) is 33.5 Å². The maximum Gasteiger partial charge on any atom is 0.325 e.